The summed E-state index contributed by atoms with van der Waals surface area (Å²) in [6, 6.07) is 10.7. The molecule has 0 saturated carbocycles. The molecule has 5 nitrogen and oxygen atoms in total. The molecule has 190 valence electrons. The number of piperazine rings is 1. The zero-order chi connectivity index (χ0) is 24.9. The summed E-state index contributed by atoms with van der Waals surface area (Å²) in [5, 5.41) is 2.19. The summed E-state index contributed by atoms with van der Waals surface area (Å²) in [7, 11) is 0. The van der Waals surface area contributed by atoms with Crippen molar-refractivity contribution in [3.05, 3.63) is 57.3 Å². The van der Waals surface area contributed by atoms with Gasteiger partial charge in [-0.1, -0.05) is 51.0 Å². The Morgan fingerprint density at radius 1 is 0.971 bits per heavy atom. The standard InChI is InChI=1S/C29H41N3O2S/c1-5-7-11-23(6-2)29(34)31-18-16-30(17-19-31)28(33)22(4)32-15-13-26-25(14-20-35-26)27(32)24-12-9-8-10-21(24)3/h8-10,12,14,20,22-23,27H,5-7,11,13,15-19H2,1-4H3/t22-,23+,27+/m1/s1. The quantitative estimate of drug-likeness (QED) is 0.500. The van der Waals surface area contributed by atoms with Crippen LogP contribution in [0.5, 0.6) is 0 Å². The van der Waals surface area contributed by atoms with Crippen molar-refractivity contribution >= 4 is 23.2 Å². The summed E-state index contributed by atoms with van der Waals surface area (Å²) in [6.07, 6.45) is 5.09. The fourth-order valence-corrected chi connectivity index (χ4v) is 6.66. The molecule has 1 aromatic carbocycles. The summed E-state index contributed by atoms with van der Waals surface area (Å²) in [5.41, 5.74) is 3.91. The van der Waals surface area contributed by atoms with Gasteiger partial charge in [-0.15, -0.1) is 11.3 Å². The molecule has 0 spiro atoms. The average molecular weight is 496 g/mol. The maximum atomic E-state index is 13.7. The molecule has 6 heteroatoms. The molecule has 2 aliphatic heterocycles. The van der Waals surface area contributed by atoms with Crippen molar-refractivity contribution in [2.45, 2.75) is 71.9 Å². The van der Waals surface area contributed by atoms with E-state index in [1.54, 1.807) is 0 Å². The van der Waals surface area contributed by atoms with Crippen molar-refractivity contribution < 1.29 is 9.59 Å². The SMILES string of the molecule is CCCC[C@H](CC)C(=O)N1CCN(C(=O)[C@@H](C)N2CCc3sccc3[C@@H]2c2ccccc2C)CC1. The first kappa shape index (κ1) is 25.9. The predicted octanol–water partition coefficient (Wildman–Crippen LogP) is 5.28. The van der Waals surface area contributed by atoms with Crippen LogP contribution in [0, 0.1) is 12.8 Å². The first-order valence-electron chi connectivity index (χ1n) is 13.4. The minimum atomic E-state index is -0.206. The van der Waals surface area contributed by atoms with E-state index in [0.29, 0.717) is 26.2 Å². The number of benzene rings is 1. The average Bonchev–Trinajstić information content (AvgIpc) is 3.37. The number of amides is 2. The van der Waals surface area contributed by atoms with Gasteiger partial charge < -0.3 is 9.80 Å². The zero-order valence-corrected chi connectivity index (χ0v) is 22.7. The molecule has 1 fully saturated rings. The van der Waals surface area contributed by atoms with E-state index < -0.39 is 0 Å². The highest BCUT2D eigenvalue weighted by atomic mass is 32.1. The van der Waals surface area contributed by atoms with Crippen molar-refractivity contribution in [3.63, 3.8) is 0 Å². The molecule has 3 heterocycles. The number of carbonyl (C=O) groups is 2. The van der Waals surface area contributed by atoms with Gasteiger partial charge in [0.05, 0.1) is 12.1 Å². The van der Waals surface area contributed by atoms with E-state index >= 15 is 0 Å². The summed E-state index contributed by atoms with van der Waals surface area (Å²) in [6.45, 7) is 12.0. The Bertz CT molecular complexity index is 1010. The normalized spacial score (nSPS) is 20.4. The number of thiophene rings is 1. The van der Waals surface area contributed by atoms with Crippen molar-refractivity contribution in [1.29, 1.82) is 0 Å². The van der Waals surface area contributed by atoms with Crippen LogP contribution >= 0.6 is 11.3 Å². The third-order valence-electron chi connectivity index (χ3n) is 7.99. The number of hydrogen-bond donors (Lipinski definition) is 0. The Balaban J connectivity index is 1.45. The van der Waals surface area contributed by atoms with Crippen LogP contribution < -0.4 is 0 Å². The van der Waals surface area contributed by atoms with Gasteiger partial charge in [0.2, 0.25) is 11.8 Å². The minimum Gasteiger partial charge on any atom is -0.339 e. The van der Waals surface area contributed by atoms with Crippen LogP contribution in [0.3, 0.4) is 0 Å². The van der Waals surface area contributed by atoms with E-state index in [2.05, 4.69) is 68.3 Å². The summed E-state index contributed by atoms with van der Waals surface area (Å²) < 4.78 is 0. The van der Waals surface area contributed by atoms with Gasteiger partial charge in [-0.3, -0.25) is 14.5 Å². The number of nitrogens with zero attached hydrogens (tertiary/aromatic N) is 3. The lowest BCUT2D eigenvalue weighted by Crippen LogP contribution is -2.56. The number of hydrogen-bond acceptors (Lipinski definition) is 4. The van der Waals surface area contributed by atoms with Crippen LogP contribution in [-0.2, 0) is 16.0 Å². The lowest BCUT2D eigenvalue weighted by molar-refractivity contribution is -0.145. The third-order valence-corrected chi connectivity index (χ3v) is 8.99. The highest BCUT2D eigenvalue weighted by Gasteiger charge is 2.38. The van der Waals surface area contributed by atoms with Crippen molar-refractivity contribution in [2.24, 2.45) is 5.92 Å². The Labute approximate surface area is 215 Å². The molecule has 35 heavy (non-hydrogen) atoms. The van der Waals surface area contributed by atoms with E-state index in [-0.39, 0.29) is 29.8 Å². The smallest absolute Gasteiger partial charge is 0.239 e. The molecule has 0 radical (unpaired) electrons. The largest absolute Gasteiger partial charge is 0.339 e. The number of carbonyl (C=O) groups excluding carboxylic acids is 2. The summed E-state index contributed by atoms with van der Waals surface area (Å²) in [4.78, 5) is 34.5. The van der Waals surface area contributed by atoms with Crippen LogP contribution in [0.2, 0.25) is 0 Å². The highest BCUT2D eigenvalue weighted by Crippen LogP contribution is 2.40. The second kappa shape index (κ2) is 11.7. The predicted molar refractivity (Wildman–Crippen MR) is 144 cm³/mol. The van der Waals surface area contributed by atoms with Gasteiger partial charge in [-0.05, 0) is 61.2 Å². The van der Waals surface area contributed by atoms with E-state index in [1.165, 1.54) is 21.6 Å². The molecular formula is C29H41N3O2S. The highest BCUT2D eigenvalue weighted by molar-refractivity contribution is 7.10. The van der Waals surface area contributed by atoms with Gasteiger partial charge >= 0.3 is 0 Å². The monoisotopic (exact) mass is 495 g/mol. The second-order valence-corrected chi connectivity index (χ2v) is 11.1. The second-order valence-electron chi connectivity index (χ2n) is 10.1. The van der Waals surface area contributed by atoms with E-state index in [9.17, 15) is 9.59 Å². The van der Waals surface area contributed by atoms with Gasteiger partial charge in [0, 0.05) is 43.5 Å². The molecule has 0 bridgehead atoms. The topological polar surface area (TPSA) is 43.9 Å². The zero-order valence-electron chi connectivity index (χ0n) is 21.8. The summed E-state index contributed by atoms with van der Waals surface area (Å²) in [5.74, 6) is 0.591. The number of fused-ring (bicyclic) bond motifs is 1. The fraction of sp³-hybridized carbons (Fsp3) is 0.586. The van der Waals surface area contributed by atoms with Gasteiger partial charge in [0.25, 0.3) is 0 Å². The molecule has 0 N–H and O–H groups in total. The van der Waals surface area contributed by atoms with Crippen LogP contribution in [-0.4, -0.2) is 65.3 Å². The van der Waals surface area contributed by atoms with Gasteiger partial charge in [-0.2, -0.15) is 0 Å². The van der Waals surface area contributed by atoms with E-state index in [1.807, 2.05) is 21.1 Å². The van der Waals surface area contributed by atoms with Gasteiger partial charge in [0.15, 0.2) is 0 Å². The maximum Gasteiger partial charge on any atom is 0.239 e. The van der Waals surface area contributed by atoms with Crippen LogP contribution in [0.1, 0.15) is 74.1 Å². The minimum absolute atomic E-state index is 0.108. The molecule has 2 aliphatic rings. The first-order valence-corrected chi connectivity index (χ1v) is 14.3. The molecule has 1 saturated heterocycles. The maximum absolute atomic E-state index is 13.7. The molecule has 2 aromatic rings. The Hall–Kier alpha value is -2.18. The Morgan fingerprint density at radius 3 is 2.31 bits per heavy atom. The van der Waals surface area contributed by atoms with Crippen LogP contribution in [0.25, 0.3) is 0 Å². The van der Waals surface area contributed by atoms with Crippen molar-refractivity contribution in [1.82, 2.24) is 14.7 Å². The Morgan fingerprint density at radius 2 is 1.66 bits per heavy atom. The van der Waals surface area contributed by atoms with Gasteiger partial charge in [-0.25, -0.2) is 0 Å². The lowest BCUT2D eigenvalue weighted by atomic mass is 9.89. The number of aryl methyl sites for hydroxylation is 1. The molecular weight excluding hydrogens is 454 g/mol. The first-order chi connectivity index (χ1) is 17.0. The summed E-state index contributed by atoms with van der Waals surface area (Å²) >= 11 is 1.83. The van der Waals surface area contributed by atoms with Crippen molar-refractivity contribution in [3.8, 4) is 0 Å². The van der Waals surface area contributed by atoms with Crippen LogP contribution in [0.15, 0.2) is 35.7 Å². The van der Waals surface area contributed by atoms with Crippen LogP contribution in [0.4, 0.5) is 0 Å². The Kier molecular flexibility index (Phi) is 8.66. The molecule has 4 rings (SSSR count). The third kappa shape index (κ3) is 5.49. The van der Waals surface area contributed by atoms with E-state index in [0.717, 1.165) is 38.6 Å². The molecule has 3 atom stereocenters. The van der Waals surface area contributed by atoms with Gasteiger partial charge in [0.1, 0.15) is 0 Å². The molecule has 1 aromatic heterocycles. The number of unbranched alkanes of at least 4 members (excludes halogenated alkanes) is 1. The molecule has 2 amide bonds. The fourth-order valence-electron chi connectivity index (χ4n) is 5.76. The number of rotatable bonds is 8. The molecule has 0 aliphatic carbocycles. The lowest BCUT2D eigenvalue weighted by Gasteiger charge is -2.43. The van der Waals surface area contributed by atoms with Crippen molar-refractivity contribution in [2.75, 3.05) is 32.7 Å². The van der Waals surface area contributed by atoms with E-state index in [4.69, 9.17) is 0 Å². The molecule has 0 unspecified atom stereocenters.